The molecule has 0 aromatic rings. The van der Waals surface area contributed by atoms with Crippen LogP contribution in [-0.2, 0) is 9.53 Å². The summed E-state index contributed by atoms with van der Waals surface area (Å²) in [5, 5.41) is -0.0649. The highest BCUT2D eigenvalue weighted by Gasteiger charge is 2.21. The fraction of sp³-hybridized carbons (Fsp3) is 0.889. The molecule has 0 bridgehead atoms. The molecule has 72 valence electrons. The number of hydrogen-bond donors (Lipinski definition) is 0. The maximum Gasteiger partial charge on any atom is 0.318 e. The molecule has 0 aliphatic rings. The van der Waals surface area contributed by atoms with E-state index in [4.69, 9.17) is 4.74 Å². The molecule has 0 saturated heterocycles. The van der Waals surface area contributed by atoms with Gasteiger partial charge in [-0.05, 0) is 13.8 Å². The van der Waals surface area contributed by atoms with Gasteiger partial charge in [-0.1, -0.05) is 20.8 Å². The van der Waals surface area contributed by atoms with Gasteiger partial charge in [0.1, 0.15) is 5.25 Å². The lowest BCUT2D eigenvalue weighted by Crippen LogP contribution is -2.22. The number of esters is 1. The van der Waals surface area contributed by atoms with Crippen LogP contribution in [0, 0.1) is 0 Å². The summed E-state index contributed by atoms with van der Waals surface area (Å²) in [5.74, 6) is -0.113. The third kappa shape index (κ3) is 5.47. The van der Waals surface area contributed by atoms with Gasteiger partial charge >= 0.3 is 5.97 Å². The summed E-state index contributed by atoms with van der Waals surface area (Å²) in [7, 11) is 0. The van der Waals surface area contributed by atoms with Crippen molar-refractivity contribution in [3.63, 3.8) is 0 Å². The Labute approximate surface area is 79.1 Å². The molecule has 1 unspecified atom stereocenters. The summed E-state index contributed by atoms with van der Waals surface area (Å²) >= 11 is 1.63. The lowest BCUT2D eigenvalue weighted by atomic mass is 10.3. The van der Waals surface area contributed by atoms with Gasteiger partial charge in [0, 0.05) is 4.75 Å². The molecule has 0 aromatic heterocycles. The number of carbonyl (C=O) groups is 1. The average molecular weight is 190 g/mol. The molecule has 0 N–H and O–H groups in total. The van der Waals surface area contributed by atoms with Crippen LogP contribution in [-0.4, -0.2) is 22.6 Å². The number of hydrogen-bond acceptors (Lipinski definition) is 3. The number of rotatable bonds is 3. The molecule has 0 aliphatic heterocycles. The molecule has 0 spiro atoms. The third-order valence-electron chi connectivity index (χ3n) is 1.15. The second-order valence-corrected chi connectivity index (χ2v) is 5.79. The smallest absolute Gasteiger partial charge is 0.318 e. The molecule has 0 radical (unpaired) electrons. The predicted molar refractivity (Wildman–Crippen MR) is 53.4 cm³/mol. The topological polar surface area (TPSA) is 26.3 Å². The zero-order chi connectivity index (χ0) is 9.78. The second-order valence-electron chi connectivity index (χ2n) is 3.62. The van der Waals surface area contributed by atoms with E-state index in [0.717, 1.165) is 0 Å². The first-order valence-corrected chi connectivity index (χ1v) is 5.09. The highest BCUT2D eigenvalue weighted by molar-refractivity contribution is 8.01. The molecule has 3 heteroatoms. The van der Waals surface area contributed by atoms with Crippen LogP contribution in [0.15, 0.2) is 0 Å². The van der Waals surface area contributed by atoms with Crippen molar-refractivity contribution in [1.29, 1.82) is 0 Å². The van der Waals surface area contributed by atoms with Crippen LogP contribution < -0.4 is 0 Å². The van der Waals surface area contributed by atoms with Crippen molar-refractivity contribution in [3.05, 3.63) is 0 Å². The normalized spacial score (nSPS) is 14.1. The third-order valence-corrected chi connectivity index (χ3v) is 2.40. The fourth-order valence-electron chi connectivity index (χ4n) is 0.838. The fourth-order valence-corrected chi connectivity index (χ4v) is 2.06. The molecule has 0 rings (SSSR count). The first-order chi connectivity index (χ1) is 5.37. The van der Waals surface area contributed by atoms with Crippen molar-refractivity contribution >= 4 is 17.7 Å². The zero-order valence-corrected chi connectivity index (χ0v) is 9.33. The van der Waals surface area contributed by atoms with Gasteiger partial charge in [0.05, 0.1) is 6.61 Å². The summed E-state index contributed by atoms with van der Waals surface area (Å²) in [6.07, 6.45) is 0. The standard InChI is InChI=1S/C9H18O2S/c1-6-11-8(10)7(2)12-9(3,4)5/h7H,6H2,1-5H3. The Balaban J connectivity index is 3.87. The van der Waals surface area contributed by atoms with Gasteiger partial charge in [-0.25, -0.2) is 0 Å². The van der Waals surface area contributed by atoms with E-state index >= 15 is 0 Å². The van der Waals surface area contributed by atoms with Crippen molar-refractivity contribution in [1.82, 2.24) is 0 Å². The van der Waals surface area contributed by atoms with Gasteiger partial charge in [-0.2, -0.15) is 0 Å². The van der Waals surface area contributed by atoms with Crippen molar-refractivity contribution in [2.45, 2.75) is 44.6 Å². The first kappa shape index (κ1) is 11.8. The highest BCUT2D eigenvalue weighted by atomic mass is 32.2. The average Bonchev–Trinajstić information content (AvgIpc) is 1.84. The van der Waals surface area contributed by atoms with Crippen LogP contribution in [0.1, 0.15) is 34.6 Å². The van der Waals surface area contributed by atoms with E-state index in [0.29, 0.717) is 6.61 Å². The van der Waals surface area contributed by atoms with Crippen molar-refractivity contribution in [3.8, 4) is 0 Å². The monoisotopic (exact) mass is 190 g/mol. The van der Waals surface area contributed by atoms with E-state index in [2.05, 4.69) is 20.8 Å². The quantitative estimate of drug-likeness (QED) is 0.639. The second kappa shape index (κ2) is 4.75. The summed E-state index contributed by atoms with van der Waals surface area (Å²) < 4.78 is 5.01. The lowest BCUT2D eigenvalue weighted by Gasteiger charge is -2.21. The molecule has 2 nitrogen and oxygen atoms in total. The van der Waals surface area contributed by atoms with Crippen LogP contribution in [0.4, 0.5) is 0 Å². The van der Waals surface area contributed by atoms with Crippen LogP contribution in [0.25, 0.3) is 0 Å². The minimum atomic E-state index is -0.113. The Morgan fingerprint density at radius 2 is 2.00 bits per heavy atom. The molecule has 1 atom stereocenters. The Hall–Kier alpha value is -0.180. The van der Waals surface area contributed by atoms with Crippen LogP contribution in [0.5, 0.6) is 0 Å². The van der Waals surface area contributed by atoms with Crippen LogP contribution >= 0.6 is 11.8 Å². The van der Waals surface area contributed by atoms with E-state index in [1.54, 1.807) is 11.8 Å². The zero-order valence-electron chi connectivity index (χ0n) is 8.51. The van der Waals surface area contributed by atoms with E-state index in [1.165, 1.54) is 0 Å². The van der Waals surface area contributed by atoms with Gasteiger partial charge in [0.2, 0.25) is 0 Å². The van der Waals surface area contributed by atoms with Gasteiger partial charge in [0.15, 0.2) is 0 Å². The van der Waals surface area contributed by atoms with Crippen LogP contribution in [0.2, 0.25) is 0 Å². The molecule has 0 amide bonds. The Kier molecular flexibility index (Phi) is 4.68. The highest BCUT2D eigenvalue weighted by Crippen LogP contribution is 2.28. The van der Waals surface area contributed by atoms with E-state index in [1.807, 2.05) is 13.8 Å². The van der Waals surface area contributed by atoms with Gasteiger partial charge in [0.25, 0.3) is 0 Å². The van der Waals surface area contributed by atoms with Crippen molar-refractivity contribution in [2.75, 3.05) is 6.61 Å². The van der Waals surface area contributed by atoms with E-state index in [-0.39, 0.29) is 16.0 Å². The SMILES string of the molecule is CCOC(=O)C(C)SC(C)(C)C. The molecule has 0 saturated carbocycles. The minimum absolute atomic E-state index is 0.0649. The summed E-state index contributed by atoms with van der Waals surface area (Å²) in [5.41, 5.74) is 0. The summed E-state index contributed by atoms with van der Waals surface area (Å²) in [6, 6.07) is 0. The lowest BCUT2D eigenvalue weighted by molar-refractivity contribution is -0.142. The van der Waals surface area contributed by atoms with Gasteiger partial charge in [-0.3, -0.25) is 4.79 Å². The summed E-state index contributed by atoms with van der Waals surface area (Å²) in [4.78, 5) is 11.2. The van der Waals surface area contributed by atoms with Crippen LogP contribution in [0.3, 0.4) is 0 Å². The molecule has 0 aromatic carbocycles. The van der Waals surface area contributed by atoms with Gasteiger partial charge in [-0.15, -0.1) is 11.8 Å². The number of ether oxygens (including phenoxy) is 1. The Bertz CT molecular complexity index is 149. The maximum absolute atomic E-state index is 11.2. The van der Waals surface area contributed by atoms with E-state index < -0.39 is 0 Å². The molecule has 0 heterocycles. The Morgan fingerprint density at radius 3 is 2.33 bits per heavy atom. The van der Waals surface area contributed by atoms with Crippen molar-refractivity contribution < 1.29 is 9.53 Å². The molecule has 12 heavy (non-hydrogen) atoms. The maximum atomic E-state index is 11.2. The van der Waals surface area contributed by atoms with Gasteiger partial charge < -0.3 is 4.74 Å². The van der Waals surface area contributed by atoms with E-state index in [9.17, 15) is 4.79 Å². The number of carbonyl (C=O) groups excluding carboxylic acids is 1. The first-order valence-electron chi connectivity index (χ1n) is 4.21. The molecule has 0 aliphatic carbocycles. The predicted octanol–water partition coefficient (Wildman–Crippen LogP) is 2.47. The molecular weight excluding hydrogens is 172 g/mol. The molecule has 0 fully saturated rings. The number of thioether (sulfide) groups is 1. The minimum Gasteiger partial charge on any atom is -0.465 e. The largest absolute Gasteiger partial charge is 0.465 e. The molecular formula is C9H18O2S. The Morgan fingerprint density at radius 1 is 1.50 bits per heavy atom. The van der Waals surface area contributed by atoms with Crippen molar-refractivity contribution in [2.24, 2.45) is 0 Å². The summed E-state index contributed by atoms with van der Waals surface area (Å²) in [6.45, 7) is 10.4.